The summed E-state index contributed by atoms with van der Waals surface area (Å²) in [7, 11) is 0. The Kier molecular flexibility index (Phi) is 3.17. The standard InChI is InChI=1S/C13H17NO3/c1-13(8-17-7-11(13)14)12(16)6-9-3-2-4-10(15)5-9/h2-5,11,15H,6-8,14H2,1H3. The van der Waals surface area contributed by atoms with E-state index in [0.29, 0.717) is 13.2 Å². The number of carbonyl (C=O) groups excluding carboxylic acids is 1. The van der Waals surface area contributed by atoms with Crippen LogP contribution in [0.4, 0.5) is 0 Å². The van der Waals surface area contributed by atoms with Crippen molar-refractivity contribution in [3.05, 3.63) is 29.8 Å². The highest BCUT2D eigenvalue weighted by Crippen LogP contribution is 2.29. The summed E-state index contributed by atoms with van der Waals surface area (Å²) in [5.41, 5.74) is 6.10. The summed E-state index contributed by atoms with van der Waals surface area (Å²) in [4.78, 5) is 12.2. The van der Waals surface area contributed by atoms with Gasteiger partial charge in [-0.05, 0) is 24.6 Å². The SMILES string of the molecule is CC1(C(=O)Cc2cccc(O)c2)COCC1N. The van der Waals surface area contributed by atoms with Crippen LogP contribution in [0, 0.1) is 5.41 Å². The molecule has 1 saturated heterocycles. The van der Waals surface area contributed by atoms with Gasteiger partial charge in [0, 0.05) is 12.5 Å². The van der Waals surface area contributed by atoms with Crippen LogP contribution in [-0.2, 0) is 16.0 Å². The van der Waals surface area contributed by atoms with E-state index in [2.05, 4.69) is 0 Å². The van der Waals surface area contributed by atoms with Gasteiger partial charge in [-0.1, -0.05) is 12.1 Å². The van der Waals surface area contributed by atoms with Gasteiger partial charge in [-0.15, -0.1) is 0 Å². The van der Waals surface area contributed by atoms with Gasteiger partial charge in [0.1, 0.15) is 11.5 Å². The van der Waals surface area contributed by atoms with Crippen molar-refractivity contribution in [2.24, 2.45) is 11.1 Å². The third-order valence-corrected chi connectivity index (χ3v) is 3.43. The molecule has 0 amide bonds. The van der Waals surface area contributed by atoms with Crippen molar-refractivity contribution in [3.63, 3.8) is 0 Å². The molecule has 0 aliphatic carbocycles. The van der Waals surface area contributed by atoms with Crippen molar-refractivity contribution in [3.8, 4) is 5.75 Å². The van der Waals surface area contributed by atoms with Gasteiger partial charge < -0.3 is 15.6 Å². The molecular weight excluding hydrogens is 218 g/mol. The molecule has 1 aliphatic rings. The van der Waals surface area contributed by atoms with Crippen LogP contribution in [0.5, 0.6) is 5.75 Å². The number of rotatable bonds is 3. The average Bonchev–Trinajstić information content (AvgIpc) is 2.60. The molecule has 1 heterocycles. The van der Waals surface area contributed by atoms with E-state index in [0.717, 1.165) is 5.56 Å². The first-order valence-electron chi connectivity index (χ1n) is 5.67. The lowest BCUT2D eigenvalue weighted by Gasteiger charge is -2.25. The van der Waals surface area contributed by atoms with Crippen LogP contribution in [0.25, 0.3) is 0 Å². The predicted molar refractivity (Wildman–Crippen MR) is 63.7 cm³/mol. The first-order valence-corrected chi connectivity index (χ1v) is 5.67. The number of phenolic OH excluding ortho intramolecular Hbond substituents is 1. The van der Waals surface area contributed by atoms with Crippen molar-refractivity contribution in [2.75, 3.05) is 13.2 Å². The molecule has 1 fully saturated rings. The Morgan fingerprint density at radius 1 is 1.65 bits per heavy atom. The third kappa shape index (κ3) is 2.33. The lowest BCUT2D eigenvalue weighted by atomic mass is 9.79. The van der Waals surface area contributed by atoms with Crippen LogP contribution in [0.1, 0.15) is 12.5 Å². The maximum Gasteiger partial charge on any atom is 0.147 e. The molecule has 2 unspecified atom stereocenters. The second-order valence-electron chi connectivity index (χ2n) is 4.81. The highest BCUT2D eigenvalue weighted by Gasteiger charge is 2.43. The van der Waals surface area contributed by atoms with Crippen LogP contribution < -0.4 is 5.73 Å². The number of benzene rings is 1. The maximum absolute atomic E-state index is 12.2. The number of carbonyl (C=O) groups is 1. The van der Waals surface area contributed by atoms with Crippen molar-refractivity contribution >= 4 is 5.78 Å². The van der Waals surface area contributed by atoms with Crippen LogP contribution in [-0.4, -0.2) is 30.1 Å². The summed E-state index contributed by atoms with van der Waals surface area (Å²) in [5, 5.41) is 9.35. The fraction of sp³-hybridized carbons (Fsp3) is 0.462. The van der Waals surface area contributed by atoms with E-state index in [1.165, 1.54) is 0 Å². The van der Waals surface area contributed by atoms with Crippen LogP contribution in [0.2, 0.25) is 0 Å². The van der Waals surface area contributed by atoms with Crippen molar-refractivity contribution in [2.45, 2.75) is 19.4 Å². The zero-order valence-electron chi connectivity index (χ0n) is 9.85. The van der Waals surface area contributed by atoms with E-state index in [4.69, 9.17) is 10.5 Å². The molecule has 92 valence electrons. The number of Topliss-reactive ketones (excluding diaryl/α,β-unsaturated/α-hetero) is 1. The Morgan fingerprint density at radius 3 is 3.00 bits per heavy atom. The molecule has 1 aromatic rings. The molecule has 0 saturated carbocycles. The van der Waals surface area contributed by atoms with Gasteiger partial charge >= 0.3 is 0 Å². The highest BCUT2D eigenvalue weighted by molar-refractivity contribution is 5.87. The van der Waals surface area contributed by atoms with E-state index >= 15 is 0 Å². The summed E-state index contributed by atoms with van der Waals surface area (Å²) >= 11 is 0. The largest absolute Gasteiger partial charge is 0.508 e. The second kappa shape index (κ2) is 4.47. The first kappa shape index (κ1) is 12.1. The molecule has 0 bridgehead atoms. The predicted octanol–water partition coefficient (Wildman–Crippen LogP) is 0.868. The summed E-state index contributed by atoms with van der Waals surface area (Å²) in [6.07, 6.45) is 0.280. The van der Waals surface area contributed by atoms with Crippen LogP contribution in [0.3, 0.4) is 0 Å². The smallest absolute Gasteiger partial charge is 0.147 e. The van der Waals surface area contributed by atoms with Gasteiger partial charge in [0.15, 0.2) is 0 Å². The van der Waals surface area contributed by atoms with E-state index in [1.54, 1.807) is 18.2 Å². The third-order valence-electron chi connectivity index (χ3n) is 3.43. The molecule has 3 N–H and O–H groups in total. The Hall–Kier alpha value is -1.39. The topological polar surface area (TPSA) is 72.5 Å². The zero-order chi connectivity index (χ0) is 12.5. The molecule has 2 rings (SSSR count). The minimum absolute atomic E-state index is 0.0631. The molecule has 4 heteroatoms. The lowest BCUT2D eigenvalue weighted by Crippen LogP contribution is -2.45. The summed E-state index contributed by atoms with van der Waals surface area (Å²) < 4.78 is 5.26. The number of nitrogens with two attached hydrogens (primary N) is 1. The highest BCUT2D eigenvalue weighted by atomic mass is 16.5. The molecular formula is C13H17NO3. The molecule has 17 heavy (non-hydrogen) atoms. The van der Waals surface area contributed by atoms with E-state index < -0.39 is 5.41 Å². The number of hydrogen-bond donors (Lipinski definition) is 2. The number of ketones is 1. The fourth-order valence-corrected chi connectivity index (χ4v) is 2.03. The number of phenols is 1. The number of ether oxygens (including phenoxy) is 1. The van der Waals surface area contributed by atoms with Crippen LogP contribution in [0.15, 0.2) is 24.3 Å². The van der Waals surface area contributed by atoms with E-state index in [9.17, 15) is 9.90 Å². The minimum Gasteiger partial charge on any atom is -0.508 e. The quantitative estimate of drug-likeness (QED) is 0.815. The summed E-state index contributed by atoms with van der Waals surface area (Å²) in [6.45, 7) is 2.66. The first-order chi connectivity index (χ1) is 8.02. The van der Waals surface area contributed by atoms with Crippen molar-refractivity contribution < 1.29 is 14.6 Å². The van der Waals surface area contributed by atoms with Gasteiger partial charge in [0.2, 0.25) is 0 Å². The van der Waals surface area contributed by atoms with Gasteiger partial charge in [0.05, 0.1) is 18.6 Å². The second-order valence-corrected chi connectivity index (χ2v) is 4.81. The van der Waals surface area contributed by atoms with Crippen molar-refractivity contribution in [1.29, 1.82) is 0 Å². The summed E-state index contributed by atoms with van der Waals surface area (Å²) in [6, 6.07) is 6.49. The molecule has 2 atom stereocenters. The van der Waals surface area contributed by atoms with E-state index in [-0.39, 0.29) is 24.0 Å². The van der Waals surface area contributed by atoms with E-state index in [1.807, 2.05) is 13.0 Å². The lowest BCUT2D eigenvalue weighted by molar-refractivity contribution is -0.127. The fourth-order valence-electron chi connectivity index (χ4n) is 2.03. The minimum atomic E-state index is -0.606. The van der Waals surface area contributed by atoms with Crippen LogP contribution >= 0.6 is 0 Å². The normalized spacial score (nSPS) is 28.2. The maximum atomic E-state index is 12.2. The molecule has 1 aromatic carbocycles. The monoisotopic (exact) mass is 235 g/mol. The molecule has 4 nitrogen and oxygen atoms in total. The van der Waals surface area contributed by atoms with Gasteiger partial charge in [0.25, 0.3) is 0 Å². The Bertz CT molecular complexity index is 432. The molecule has 1 aliphatic heterocycles. The van der Waals surface area contributed by atoms with Gasteiger partial charge in [-0.25, -0.2) is 0 Å². The van der Waals surface area contributed by atoms with Gasteiger partial charge in [-0.3, -0.25) is 4.79 Å². The van der Waals surface area contributed by atoms with Gasteiger partial charge in [-0.2, -0.15) is 0 Å². The zero-order valence-corrected chi connectivity index (χ0v) is 9.85. The number of aromatic hydroxyl groups is 1. The molecule has 0 aromatic heterocycles. The number of hydrogen-bond acceptors (Lipinski definition) is 4. The molecule has 0 spiro atoms. The summed E-state index contributed by atoms with van der Waals surface area (Å²) in [5.74, 6) is 0.237. The van der Waals surface area contributed by atoms with Crippen molar-refractivity contribution in [1.82, 2.24) is 0 Å². The Labute approximate surface area is 100 Å². The average molecular weight is 235 g/mol. The Balaban J connectivity index is 2.12. The Morgan fingerprint density at radius 2 is 2.41 bits per heavy atom. The molecule has 0 radical (unpaired) electrons.